The molecule has 2 heterocycles. The number of aromatic nitrogens is 4. The van der Waals surface area contributed by atoms with Crippen LogP contribution in [0, 0.1) is 13.8 Å². The third kappa shape index (κ3) is 3.01. The number of carbonyl (C=O) groups is 1. The highest BCUT2D eigenvalue weighted by molar-refractivity contribution is 5.96. The van der Waals surface area contributed by atoms with Crippen LogP contribution in [-0.2, 0) is 13.6 Å². The molecular weight excluding hydrogens is 290 g/mol. The first-order valence-electron chi connectivity index (χ1n) is 7.44. The molecule has 3 aromatic rings. The van der Waals surface area contributed by atoms with Gasteiger partial charge < -0.3 is 5.32 Å². The van der Waals surface area contributed by atoms with E-state index in [1.807, 2.05) is 63.5 Å². The highest BCUT2D eigenvalue weighted by atomic mass is 16.1. The SMILES string of the molecule is Cc1nn(-c2ccccc2)c(C)c1C(=O)NCc1ccn(C)n1. The average Bonchev–Trinajstić information content (AvgIpc) is 3.09. The van der Waals surface area contributed by atoms with Crippen LogP contribution in [0.25, 0.3) is 5.69 Å². The molecule has 6 heteroatoms. The van der Waals surface area contributed by atoms with Gasteiger partial charge in [-0.05, 0) is 32.0 Å². The van der Waals surface area contributed by atoms with Gasteiger partial charge in [0.1, 0.15) is 0 Å². The van der Waals surface area contributed by atoms with Gasteiger partial charge in [0, 0.05) is 13.2 Å². The number of amides is 1. The van der Waals surface area contributed by atoms with Crippen molar-refractivity contribution < 1.29 is 4.79 Å². The van der Waals surface area contributed by atoms with Crippen LogP contribution in [0.3, 0.4) is 0 Å². The van der Waals surface area contributed by atoms with E-state index in [0.29, 0.717) is 17.8 Å². The summed E-state index contributed by atoms with van der Waals surface area (Å²) >= 11 is 0. The summed E-state index contributed by atoms with van der Waals surface area (Å²) in [6.07, 6.45) is 1.85. The van der Waals surface area contributed by atoms with Crippen molar-refractivity contribution in [1.29, 1.82) is 0 Å². The van der Waals surface area contributed by atoms with Crippen LogP contribution in [0.15, 0.2) is 42.6 Å². The fraction of sp³-hybridized carbons (Fsp3) is 0.235. The maximum atomic E-state index is 12.5. The minimum absolute atomic E-state index is 0.132. The number of carbonyl (C=O) groups excluding carboxylic acids is 1. The topological polar surface area (TPSA) is 64.7 Å². The summed E-state index contributed by atoms with van der Waals surface area (Å²) in [6, 6.07) is 11.7. The van der Waals surface area contributed by atoms with Crippen molar-refractivity contribution in [2.75, 3.05) is 0 Å². The van der Waals surface area contributed by atoms with E-state index in [-0.39, 0.29) is 5.91 Å². The minimum Gasteiger partial charge on any atom is -0.346 e. The molecule has 2 aromatic heterocycles. The summed E-state index contributed by atoms with van der Waals surface area (Å²) in [5, 5.41) is 11.7. The Bertz CT molecular complexity index is 832. The predicted molar refractivity (Wildman–Crippen MR) is 87.4 cm³/mol. The fourth-order valence-electron chi connectivity index (χ4n) is 2.61. The number of hydrogen-bond donors (Lipinski definition) is 1. The van der Waals surface area contributed by atoms with Gasteiger partial charge in [-0.25, -0.2) is 4.68 Å². The normalized spacial score (nSPS) is 10.7. The molecule has 118 valence electrons. The summed E-state index contributed by atoms with van der Waals surface area (Å²) < 4.78 is 3.51. The minimum atomic E-state index is -0.132. The first-order valence-corrected chi connectivity index (χ1v) is 7.44. The zero-order chi connectivity index (χ0) is 16.4. The molecule has 1 N–H and O–H groups in total. The Hall–Kier alpha value is -2.89. The quantitative estimate of drug-likeness (QED) is 0.803. The molecule has 0 aliphatic heterocycles. The molecular formula is C17H19N5O. The van der Waals surface area contributed by atoms with Crippen molar-refractivity contribution in [3.63, 3.8) is 0 Å². The van der Waals surface area contributed by atoms with Crippen molar-refractivity contribution in [3.8, 4) is 5.69 Å². The summed E-state index contributed by atoms with van der Waals surface area (Å²) in [7, 11) is 1.85. The lowest BCUT2D eigenvalue weighted by molar-refractivity contribution is 0.0949. The summed E-state index contributed by atoms with van der Waals surface area (Å²) in [5.74, 6) is -0.132. The predicted octanol–water partition coefficient (Wildman–Crippen LogP) is 2.15. The number of nitrogens with zero attached hydrogens (tertiary/aromatic N) is 4. The van der Waals surface area contributed by atoms with Crippen LogP contribution < -0.4 is 5.32 Å². The molecule has 23 heavy (non-hydrogen) atoms. The zero-order valence-electron chi connectivity index (χ0n) is 13.4. The van der Waals surface area contributed by atoms with E-state index in [1.54, 1.807) is 9.36 Å². The lowest BCUT2D eigenvalue weighted by Crippen LogP contribution is -2.24. The number of benzene rings is 1. The molecule has 0 atom stereocenters. The number of nitrogens with one attached hydrogen (secondary N) is 1. The number of para-hydroxylation sites is 1. The molecule has 0 radical (unpaired) electrons. The molecule has 6 nitrogen and oxygen atoms in total. The Kier molecular flexibility index (Phi) is 3.97. The van der Waals surface area contributed by atoms with Gasteiger partial charge in [0.25, 0.3) is 5.91 Å². The van der Waals surface area contributed by atoms with E-state index >= 15 is 0 Å². The summed E-state index contributed by atoms with van der Waals surface area (Å²) in [5.41, 5.74) is 3.92. The van der Waals surface area contributed by atoms with Gasteiger partial charge in [-0.15, -0.1) is 0 Å². The second-order valence-corrected chi connectivity index (χ2v) is 5.46. The second-order valence-electron chi connectivity index (χ2n) is 5.46. The molecule has 0 fully saturated rings. The molecule has 0 unspecified atom stereocenters. The number of rotatable bonds is 4. The maximum Gasteiger partial charge on any atom is 0.255 e. The first kappa shape index (κ1) is 15.0. The van der Waals surface area contributed by atoms with E-state index < -0.39 is 0 Å². The highest BCUT2D eigenvalue weighted by Crippen LogP contribution is 2.17. The smallest absolute Gasteiger partial charge is 0.255 e. The Balaban J connectivity index is 1.82. The molecule has 0 aliphatic rings. The van der Waals surface area contributed by atoms with E-state index in [9.17, 15) is 4.79 Å². The second kappa shape index (κ2) is 6.08. The van der Waals surface area contributed by atoms with Crippen molar-refractivity contribution >= 4 is 5.91 Å². The van der Waals surface area contributed by atoms with Crippen LogP contribution in [0.4, 0.5) is 0 Å². The van der Waals surface area contributed by atoms with E-state index in [2.05, 4.69) is 15.5 Å². The standard InChI is InChI=1S/C17H19N5O/c1-12-16(17(23)18-11-14-9-10-21(3)20-14)13(2)22(19-12)15-7-5-4-6-8-15/h4-10H,11H2,1-3H3,(H,18,23). The van der Waals surface area contributed by atoms with Crippen molar-refractivity contribution in [3.05, 3.63) is 65.2 Å². The Labute approximate surface area is 134 Å². The van der Waals surface area contributed by atoms with Gasteiger partial charge in [-0.3, -0.25) is 9.48 Å². The van der Waals surface area contributed by atoms with Gasteiger partial charge in [0.2, 0.25) is 0 Å². The lowest BCUT2D eigenvalue weighted by Gasteiger charge is -2.06. The molecule has 0 bridgehead atoms. The molecule has 0 aliphatic carbocycles. The van der Waals surface area contributed by atoms with E-state index in [1.165, 1.54) is 0 Å². The van der Waals surface area contributed by atoms with Gasteiger partial charge in [-0.2, -0.15) is 10.2 Å². The van der Waals surface area contributed by atoms with Crippen LogP contribution in [0.1, 0.15) is 27.4 Å². The fourth-order valence-corrected chi connectivity index (χ4v) is 2.61. The third-order valence-corrected chi connectivity index (χ3v) is 3.72. The first-order chi connectivity index (χ1) is 11.1. The Morgan fingerprint density at radius 3 is 2.52 bits per heavy atom. The molecule has 1 amide bonds. The molecule has 0 spiro atoms. The Morgan fingerprint density at radius 1 is 1.13 bits per heavy atom. The molecule has 0 saturated carbocycles. The molecule has 3 rings (SSSR count). The van der Waals surface area contributed by atoms with Crippen molar-refractivity contribution in [1.82, 2.24) is 24.9 Å². The molecule has 0 saturated heterocycles. The monoisotopic (exact) mass is 309 g/mol. The van der Waals surface area contributed by atoms with E-state index in [0.717, 1.165) is 17.1 Å². The molecule has 1 aromatic carbocycles. The van der Waals surface area contributed by atoms with Crippen molar-refractivity contribution in [2.45, 2.75) is 20.4 Å². The largest absolute Gasteiger partial charge is 0.346 e. The van der Waals surface area contributed by atoms with Crippen LogP contribution in [-0.4, -0.2) is 25.5 Å². The average molecular weight is 309 g/mol. The van der Waals surface area contributed by atoms with Gasteiger partial charge >= 0.3 is 0 Å². The van der Waals surface area contributed by atoms with Crippen LogP contribution >= 0.6 is 0 Å². The van der Waals surface area contributed by atoms with Gasteiger partial charge in [-0.1, -0.05) is 18.2 Å². The number of hydrogen-bond acceptors (Lipinski definition) is 3. The summed E-state index contributed by atoms with van der Waals surface area (Å²) in [4.78, 5) is 12.5. The lowest BCUT2D eigenvalue weighted by atomic mass is 10.2. The zero-order valence-corrected chi connectivity index (χ0v) is 13.4. The van der Waals surface area contributed by atoms with E-state index in [4.69, 9.17) is 0 Å². The van der Waals surface area contributed by atoms with Gasteiger partial charge in [0.15, 0.2) is 0 Å². The summed E-state index contributed by atoms with van der Waals surface area (Å²) in [6.45, 7) is 4.15. The van der Waals surface area contributed by atoms with Crippen LogP contribution in [0.5, 0.6) is 0 Å². The Morgan fingerprint density at radius 2 is 1.87 bits per heavy atom. The van der Waals surface area contributed by atoms with Crippen LogP contribution in [0.2, 0.25) is 0 Å². The van der Waals surface area contributed by atoms with Crippen molar-refractivity contribution in [2.24, 2.45) is 7.05 Å². The maximum absolute atomic E-state index is 12.5. The third-order valence-electron chi connectivity index (χ3n) is 3.72. The highest BCUT2D eigenvalue weighted by Gasteiger charge is 2.19. The van der Waals surface area contributed by atoms with Gasteiger partial charge in [0.05, 0.1) is 34.9 Å². The number of aryl methyl sites for hydroxylation is 2.